The van der Waals surface area contributed by atoms with E-state index in [2.05, 4.69) is 15.3 Å². The van der Waals surface area contributed by atoms with Crippen molar-refractivity contribution in [3.8, 4) is 0 Å². The monoisotopic (exact) mass is 308 g/mol. The summed E-state index contributed by atoms with van der Waals surface area (Å²) in [6.45, 7) is 0.371. The fraction of sp³-hybridized carbons (Fsp3) is 0.462. The Balaban J connectivity index is 1.82. The molecule has 1 aliphatic carbocycles. The molecule has 3 N–H and O–H groups in total. The average molecular weight is 308 g/mol. The van der Waals surface area contributed by atoms with Crippen LogP contribution in [0.5, 0.6) is 0 Å². The van der Waals surface area contributed by atoms with Crippen molar-refractivity contribution >= 4 is 28.6 Å². The number of hydrogen-bond acceptors (Lipinski definition) is 6. The van der Waals surface area contributed by atoms with Crippen LogP contribution in [0.1, 0.15) is 46.2 Å². The summed E-state index contributed by atoms with van der Waals surface area (Å²) >= 11 is 3.02. The molecule has 2 heterocycles. The van der Waals surface area contributed by atoms with E-state index in [-0.39, 0.29) is 11.4 Å². The van der Waals surface area contributed by atoms with Crippen LogP contribution in [0, 0.1) is 0 Å². The second-order valence-corrected chi connectivity index (χ2v) is 6.75. The third kappa shape index (κ3) is 2.48. The molecular formula is C13H16N4OS2. The summed E-state index contributed by atoms with van der Waals surface area (Å²) in [7, 11) is 0. The van der Waals surface area contributed by atoms with E-state index in [1.54, 1.807) is 22.9 Å². The first-order chi connectivity index (χ1) is 9.73. The standard InChI is InChI=1S/C13H16N4OS2/c14-7-10-16-9(8-20-10)11(18)17-13(3-1-2-4-13)12-15-5-6-19-12/h5-6,8H,1-4,7,14H2,(H,17,18). The van der Waals surface area contributed by atoms with Crippen LogP contribution in [0.25, 0.3) is 0 Å². The third-order valence-electron chi connectivity index (χ3n) is 3.61. The minimum absolute atomic E-state index is 0.127. The number of carbonyl (C=O) groups excluding carboxylic acids is 1. The molecular weight excluding hydrogens is 292 g/mol. The van der Waals surface area contributed by atoms with Gasteiger partial charge in [0.2, 0.25) is 0 Å². The van der Waals surface area contributed by atoms with Crippen LogP contribution < -0.4 is 11.1 Å². The van der Waals surface area contributed by atoms with Crippen LogP contribution in [-0.2, 0) is 12.1 Å². The first-order valence-electron chi connectivity index (χ1n) is 6.60. The molecule has 0 aromatic carbocycles. The molecule has 0 bridgehead atoms. The first kappa shape index (κ1) is 13.7. The van der Waals surface area contributed by atoms with Crippen molar-refractivity contribution in [2.45, 2.75) is 37.8 Å². The number of hydrogen-bond donors (Lipinski definition) is 2. The Morgan fingerprint density at radius 2 is 2.20 bits per heavy atom. The Kier molecular flexibility index (Phi) is 3.82. The van der Waals surface area contributed by atoms with Gasteiger partial charge in [-0.3, -0.25) is 4.79 Å². The normalized spacial score (nSPS) is 17.2. The number of thiazole rings is 2. The number of rotatable bonds is 4. The topological polar surface area (TPSA) is 80.9 Å². The highest BCUT2D eigenvalue weighted by Crippen LogP contribution is 2.39. The van der Waals surface area contributed by atoms with Crippen LogP contribution in [0.3, 0.4) is 0 Å². The Hall–Kier alpha value is -1.31. The number of nitrogens with zero attached hydrogens (tertiary/aromatic N) is 2. The summed E-state index contributed by atoms with van der Waals surface area (Å²) in [6, 6.07) is 0. The summed E-state index contributed by atoms with van der Waals surface area (Å²) in [4.78, 5) is 21.1. The summed E-state index contributed by atoms with van der Waals surface area (Å²) in [6.07, 6.45) is 5.91. The Morgan fingerprint density at radius 1 is 1.40 bits per heavy atom. The Morgan fingerprint density at radius 3 is 2.80 bits per heavy atom. The van der Waals surface area contributed by atoms with Gasteiger partial charge in [0.1, 0.15) is 15.7 Å². The van der Waals surface area contributed by atoms with Crippen LogP contribution in [0.15, 0.2) is 17.0 Å². The second kappa shape index (κ2) is 5.59. The van der Waals surface area contributed by atoms with E-state index in [9.17, 15) is 4.79 Å². The zero-order chi connectivity index (χ0) is 14.0. The van der Waals surface area contributed by atoms with Gasteiger partial charge in [0, 0.05) is 23.5 Å². The van der Waals surface area contributed by atoms with Gasteiger partial charge in [-0.25, -0.2) is 9.97 Å². The number of amides is 1. The highest BCUT2D eigenvalue weighted by Gasteiger charge is 2.39. The highest BCUT2D eigenvalue weighted by atomic mass is 32.1. The molecule has 1 saturated carbocycles. The molecule has 0 radical (unpaired) electrons. The van der Waals surface area contributed by atoms with E-state index in [0.29, 0.717) is 12.2 Å². The van der Waals surface area contributed by atoms with E-state index < -0.39 is 0 Å². The van der Waals surface area contributed by atoms with Gasteiger partial charge < -0.3 is 11.1 Å². The number of nitrogens with two attached hydrogens (primary N) is 1. The summed E-state index contributed by atoms with van der Waals surface area (Å²) < 4.78 is 0. The van der Waals surface area contributed by atoms with Crippen LogP contribution in [-0.4, -0.2) is 15.9 Å². The van der Waals surface area contributed by atoms with Crippen molar-refractivity contribution in [2.24, 2.45) is 5.73 Å². The van der Waals surface area contributed by atoms with Crippen LogP contribution >= 0.6 is 22.7 Å². The van der Waals surface area contributed by atoms with E-state index in [4.69, 9.17) is 5.73 Å². The average Bonchev–Trinajstić information content (AvgIpc) is 3.19. The predicted octanol–water partition coefficient (Wildman–Crippen LogP) is 2.26. The van der Waals surface area contributed by atoms with Gasteiger partial charge in [-0.15, -0.1) is 22.7 Å². The lowest BCUT2D eigenvalue weighted by atomic mass is 9.98. The van der Waals surface area contributed by atoms with Crippen LogP contribution in [0.4, 0.5) is 0 Å². The SMILES string of the molecule is NCc1nc(C(=O)NC2(c3nccs3)CCCC2)cs1. The molecule has 106 valence electrons. The van der Waals surface area contributed by atoms with Gasteiger partial charge in [0.05, 0.1) is 5.54 Å². The van der Waals surface area contributed by atoms with E-state index in [1.165, 1.54) is 11.3 Å². The Labute approximate surface area is 125 Å². The van der Waals surface area contributed by atoms with Gasteiger partial charge in [0.15, 0.2) is 0 Å². The Bertz CT molecular complexity index is 587. The second-order valence-electron chi connectivity index (χ2n) is 4.91. The molecule has 1 fully saturated rings. The van der Waals surface area contributed by atoms with Gasteiger partial charge >= 0.3 is 0 Å². The molecule has 1 amide bonds. The largest absolute Gasteiger partial charge is 0.339 e. The fourth-order valence-corrected chi connectivity index (χ4v) is 4.13. The van der Waals surface area contributed by atoms with Crippen molar-refractivity contribution in [1.82, 2.24) is 15.3 Å². The molecule has 0 aliphatic heterocycles. The molecule has 0 atom stereocenters. The zero-order valence-corrected chi connectivity index (χ0v) is 12.6. The molecule has 20 heavy (non-hydrogen) atoms. The third-order valence-corrected chi connectivity index (χ3v) is 5.46. The molecule has 1 aliphatic rings. The maximum atomic E-state index is 12.4. The lowest BCUT2D eigenvalue weighted by Crippen LogP contribution is -2.43. The van der Waals surface area contributed by atoms with Gasteiger partial charge in [0.25, 0.3) is 5.91 Å². The molecule has 2 aromatic heterocycles. The molecule has 0 saturated heterocycles. The number of nitrogens with one attached hydrogen (secondary N) is 1. The van der Waals surface area contributed by atoms with Gasteiger partial charge in [-0.1, -0.05) is 12.8 Å². The lowest BCUT2D eigenvalue weighted by molar-refractivity contribution is 0.0893. The highest BCUT2D eigenvalue weighted by molar-refractivity contribution is 7.10. The molecule has 3 rings (SSSR count). The number of aromatic nitrogens is 2. The van der Waals surface area contributed by atoms with Crippen molar-refractivity contribution in [1.29, 1.82) is 0 Å². The molecule has 7 heteroatoms. The fourth-order valence-electron chi connectivity index (χ4n) is 2.62. The molecule has 2 aromatic rings. The van der Waals surface area contributed by atoms with Gasteiger partial charge in [-0.05, 0) is 12.8 Å². The molecule has 0 unspecified atom stereocenters. The van der Waals surface area contributed by atoms with Crippen molar-refractivity contribution < 1.29 is 4.79 Å². The van der Waals surface area contributed by atoms with Crippen molar-refractivity contribution in [2.75, 3.05) is 0 Å². The predicted molar refractivity (Wildman–Crippen MR) is 79.7 cm³/mol. The van der Waals surface area contributed by atoms with E-state index in [0.717, 1.165) is 35.7 Å². The minimum atomic E-state index is -0.308. The summed E-state index contributed by atoms with van der Waals surface area (Å²) in [5.74, 6) is -0.127. The van der Waals surface area contributed by atoms with Crippen LogP contribution in [0.2, 0.25) is 0 Å². The van der Waals surface area contributed by atoms with E-state index in [1.807, 2.05) is 5.38 Å². The first-order valence-corrected chi connectivity index (χ1v) is 8.36. The van der Waals surface area contributed by atoms with E-state index >= 15 is 0 Å². The van der Waals surface area contributed by atoms with Crippen molar-refractivity contribution in [3.05, 3.63) is 32.7 Å². The minimum Gasteiger partial charge on any atom is -0.339 e. The zero-order valence-electron chi connectivity index (χ0n) is 11.0. The number of carbonyl (C=O) groups is 1. The molecule has 0 spiro atoms. The maximum Gasteiger partial charge on any atom is 0.271 e. The molecule has 5 nitrogen and oxygen atoms in total. The summed E-state index contributed by atoms with van der Waals surface area (Å²) in [5.41, 5.74) is 5.69. The summed E-state index contributed by atoms with van der Waals surface area (Å²) in [5, 5.41) is 8.66. The smallest absolute Gasteiger partial charge is 0.271 e. The maximum absolute atomic E-state index is 12.4. The quantitative estimate of drug-likeness (QED) is 0.908. The lowest BCUT2D eigenvalue weighted by Gasteiger charge is -2.27. The van der Waals surface area contributed by atoms with Gasteiger partial charge in [-0.2, -0.15) is 0 Å². The van der Waals surface area contributed by atoms with Crippen molar-refractivity contribution in [3.63, 3.8) is 0 Å².